The molecule has 0 bridgehead atoms. The molecule has 2 atom stereocenters. The molecule has 3 N–H and O–H groups in total. The van der Waals surface area contributed by atoms with Crippen molar-refractivity contribution in [2.75, 3.05) is 40.3 Å². The summed E-state index contributed by atoms with van der Waals surface area (Å²) in [5.74, 6) is 0. The van der Waals surface area contributed by atoms with E-state index in [9.17, 15) is 5.11 Å². The Labute approximate surface area is 93.0 Å². The fourth-order valence-corrected chi connectivity index (χ4v) is 2.15. The Hall–Kier alpha value is -0.160. The predicted octanol–water partition coefficient (Wildman–Crippen LogP) is -0.278. The molecule has 0 aliphatic carbocycles. The summed E-state index contributed by atoms with van der Waals surface area (Å²) < 4.78 is 0. The first-order chi connectivity index (χ1) is 7.13. The zero-order chi connectivity index (χ0) is 11.3. The highest BCUT2D eigenvalue weighted by atomic mass is 16.3. The summed E-state index contributed by atoms with van der Waals surface area (Å²) >= 11 is 0. The minimum Gasteiger partial charge on any atom is -0.392 e. The van der Waals surface area contributed by atoms with Crippen LogP contribution < -0.4 is 5.73 Å². The number of hydrogen-bond acceptors (Lipinski definition) is 4. The molecule has 4 heteroatoms. The number of hydrogen-bond donors (Lipinski definition) is 2. The van der Waals surface area contributed by atoms with Crippen LogP contribution in [0.3, 0.4) is 0 Å². The summed E-state index contributed by atoms with van der Waals surface area (Å²) in [4.78, 5) is 4.72. The lowest BCUT2D eigenvalue weighted by molar-refractivity contribution is 0.144. The summed E-state index contributed by atoms with van der Waals surface area (Å²) in [6, 6.07) is 0.699. The summed E-state index contributed by atoms with van der Waals surface area (Å²) in [5.41, 5.74) is 5.37. The first kappa shape index (κ1) is 12.9. The minimum absolute atomic E-state index is 0.339. The number of likely N-dealkylation sites (tertiary alicyclic amines) is 1. The Morgan fingerprint density at radius 1 is 1.60 bits per heavy atom. The smallest absolute Gasteiger partial charge is 0.0674 e. The maximum atomic E-state index is 9.36. The number of aliphatic hydroxyl groups excluding tert-OH is 1. The van der Waals surface area contributed by atoms with Gasteiger partial charge in [-0.2, -0.15) is 0 Å². The quantitative estimate of drug-likeness (QED) is 0.640. The lowest BCUT2D eigenvalue weighted by Crippen LogP contribution is -2.38. The van der Waals surface area contributed by atoms with Gasteiger partial charge >= 0.3 is 0 Å². The van der Waals surface area contributed by atoms with Gasteiger partial charge in [0.1, 0.15) is 0 Å². The van der Waals surface area contributed by atoms with Gasteiger partial charge < -0.3 is 20.6 Å². The standard InChI is InChI=1S/C11H25N3O/c1-13(7-5-11(15)8-12)9-10-4-3-6-14(10)2/h10-11,15H,3-9,12H2,1-2H3. The van der Waals surface area contributed by atoms with Crippen molar-refractivity contribution in [3.63, 3.8) is 0 Å². The molecule has 0 radical (unpaired) electrons. The first-order valence-electron chi connectivity index (χ1n) is 5.90. The Morgan fingerprint density at radius 3 is 2.87 bits per heavy atom. The van der Waals surface area contributed by atoms with E-state index in [0.29, 0.717) is 12.6 Å². The van der Waals surface area contributed by atoms with Crippen LogP contribution in [0.2, 0.25) is 0 Å². The molecular weight excluding hydrogens is 190 g/mol. The largest absolute Gasteiger partial charge is 0.392 e. The van der Waals surface area contributed by atoms with Gasteiger partial charge in [0.25, 0.3) is 0 Å². The summed E-state index contributed by atoms with van der Waals surface area (Å²) in [5, 5.41) is 9.36. The molecule has 1 saturated heterocycles. The molecule has 0 aromatic rings. The van der Waals surface area contributed by atoms with Crippen molar-refractivity contribution in [3.8, 4) is 0 Å². The summed E-state index contributed by atoms with van der Waals surface area (Å²) in [6.07, 6.45) is 3.07. The number of likely N-dealkylation sites (N-methyl/N-ethyl adjacent to an activating group) is 2. The average Bonchev–Trinajstić information content (AvgIpc) is 2.61. The Bertz CT molecular complexity index is 177. The van der Waals surface area contributed by atoms with Crippen LogP contribution in [0.15, 0.2) is 0 Å². The molecule has 0 aromatic heterocycles. The van der Waals surface area contributed by atoms with Crippen LogP contribution in [0.5, 0.6) is 0 Å². The van der Waals surface area contributed by atoms with Crippen molar-refractivity contribution in [3.05, 3.63) is 0 Å². The van der Waals surface area contributed by atoms with Crippen molar-refractivity contribution < 1.29 is 5.11 Å². The number of nitrogens with two attached hydrogens (primary N) is 1. The first-order valence-corrected chi connectivity index (χ1v) is 5.90. The van der Waals surface area contributed by atoms with Crippen LogP contribution in [0, 0.1) is 0 Å². The molecular formula is C11H25N3O. The van der Waals surface area contributed by atoms with E-state index in [1.807, 2.05) is 0 Å². The van der Waals surface area contributed by atoms with Crippen LogP contribution in [-0.2, 0) is 0 Å². The van der Waals surface area contributed by atoms with Gasteiger partial charge in [-0.05, 0) is 39.9 Å². The highest BCUT2D eigenvalue weighted by Gasteiger charge is 2.21. The third kappa shape index (κ3) is 4.47. The van der Waals surface area contributed by atoms with Crippen LogP contribution in [0.25, 0.3) is 0 Å². The molecule has 1 fully saturated rings. The molecule has 0 spiro atoms. The average molecular weight is 215 g/mol. The molecule has 90 valence electrons. The topological polar surface area (TPSA) is 52.7 Å². The monoisotopic (exact) mass is 215 g/mol. The van der Waals surface area contributed by atoms with Gasteiger partial charge in [-0.15, -0.1) is 0 Å². The number of nitrogens with zero attached hydrogens (tertiary/aromatic N) is 2. The predicted molar refractivity (Wildman–Crippen MR) is 62.8 cm³/mol. The van der Waals surface area contributed by atoms with E-state index in [-0.39, 0.29) is 6.10 Å². The highest BCUT2D eigenvalue weighted by molar-refractivity contribution is 4.78. The van der Waals surface area contributed by atoms with Gasteiger partial charge in [0.05, 0.1) is 6.10 Å². The molecule has 1 rings (SSSR count). The Morgan fingerprint density at radius 2 is 2.33 bits per heavy atom. The molecule has 0 amide bonds. The van der Waals surface area contributed by atoms with Gasteiger partial charge in [0.2, 0.25) is 0 Å². The van der Waals surface area contributed by atoms with Crippen molar-refractivity contribution in [2.24, 2.45) is 5.73 Å². The maximum Gasteiger partial charge on any atom is 0.0674 e. The molecule has 15 heavy (non-hydrogen) atoms. The fraction of sp³-hybridized carbons (Fsp3) is 1.00. The summed E-state index contributed by atoms with van der Waals surface area (Å²) in [7, 11) is 4.32. The Kier molecular flexibility index (Phi) is 5.53. The van der Waals surface area contributed by atoms with E-state index in [0.717, 1.165) is 19.5 Å². The molecule has 1 aliphatic rings. The van der Waals surface area contributed by atoms with Crippen LogP contribution in [0.1, 0.15) is 19.3 Å². The van der Waals surface area contributed by atoms with E-state index < -0.39 is 0 Å². The second kappa shape index (κ2) is 6.43. The minimum atomic E-state index is -0.339. The van der Waals surface area contributed by atoms with E-state index in [1.165, 1.54) is 19.4 Å². The van der Waals surface area contributed by atoms with E-state index in [4.69, 9.17) is 5.73 Å². The summed E-state index contributed by atoms with van der Waals surface area (Å²) in [6.45, 7) is 3.64. The van der Waals surface area contributed by atoms with E-state index in [1.54, 1.807) is 0 Å². The van der Waals surface area contributed by atoms with Crippen molar-refractivity contribution in [2.45, 2.75) is 31.4 Å². The van der Waals surface area contributed by atoms with E-state index in [2.05, 4.69) is 23.9 Å². The molecule has 0 aromatic carbocycles. The molecule has 1 aliphatic heterocycles. The third-order valence-electron chi connectivity index (χ3n) is 3.31. The van der Waals surface area contributed by atoms with Crippen LogP contribution in [0.4, 0.5) is 0 Å². The Balaban J connectivity index is 2.14. The number of rotatable bonds is 6. The zero-order valence-electron chi connectivity index (χ0n) is 10.0. The lowest BCUT2D eigenvalue weighted by atomic mass is 10.2. The fourth-order valence-electron chi connectivity index (χ4n) is 2.15. The van der Waals surface area contributed by atoms with Gasteiger partial charge in [-0.1, -0.05) is 0 Å². The molecule has 2 unspecified atom stereocenters. The van der Waals surface area contributed by atoms with Crippen molar-refractivity contribution in [1.29, 1.82) is 0 Å². The highest BCUT2D eigenvalue weighted by Crippen LogP contribution is 2.15. The third-order valence-corrected chi connectivity index (χ3v) is 3.31. The maximum absolute atomic E-state index is 9.36. The van der Waals surface area contributed by atoms with E-state index >= 15 is 0 Å². The van der Waals surface area contributed by atoms with Crippen molar-refractivity contribution >= 4 is 0 Å². The van der Waals surface area contributed by atoms with Gasteiger partial charge in [0, 0.05) is 25.7 Å². The van der Waals surface area contributed by atoms with Crippen molar-refractivity contribution in [1.82, 2.24) is 9.80 Å². The second-order valence-corrected chi connectivity index (χ2v) is 4.72. The molecule has 0 saturated carbocycles. The van der Waals surface area contributed by atoms with Crippen LogP contribution in [-0.4, -0.2) is 67.3 Å². The SMILES string of the molecule is CN(CCC(O)CN)CC1CCCN1C. The zero-order valence-corrected chi connectivity index (χ0v) is 10.0. The molecule has 4 nitrogen and oxygen atoms in total. The van der Waals surface area contributed by atoms with Gasteiger partial charge in [-0.3, -0.25) is 0 Å². The molecule has 1 heterocycles. The second-order valence-electron chi connectivity index (χ2n) is 4.72. The number of aliphatic hydroxyl groups is 1. The van der Waals surface area contributed by atoms with Gasteiger partial charge in [0.15, 0.2) is 0 Å². The van der Waals surface area contributed by atoms with Crippen LogP contribution >= 0.6 is 0 Å². The normalized spacial score (nSPS) is 25.0. The lowest BCUT2D eigenvalue weighted by Gasteiger charge is -2.26. The van der Waals surface area contributed by atoms with Gasteiger partial charge in [-0.25, -0.2) is 0 Å².